The fourth-order valence-electron chi connectivity index (χ4n) is 3.05. The van der Waals surface area contributed by atoms with E-state index in [9.17, 15) is 0 Å². The summed E-state index contributed by atoms with van der Waals surface area (Å²) >= 11 is 6.25. The Morgan fingerprint density at radius 3 is 2.50 bits per heavy atom. The number of anilines is 1. The van der Waals surface area contributed by atoms with Crippen molar-refractivity contribution in [1.29, 1.82) is 0 Å². The molecule has 18 heavy (non-hydrogen) atoms. The molecule has 3 N–H and O–H groups in total. The molecule has 0 bridgehead atoms. The minimum atomic E-state index is -0.0454. The lowest BCUT2D eigenvalue weighted by molar-refractivity contribution is 0.125. The van der Waals surface area contributed by atoms with Gasteiger partial charge in [-0.3, -0.25) is 0 Å². The normalized spacial score (nSPS) is 26.9. The Balaban J connectivity index is 2.30. The Bertz CT molecular complexity index is 417. The lowest BCUT2D eigenvalue weighted by Crippen LogP contribution is -2.58. The molecular weight excluding hydrogens is 244 g/mol. The maximum absolute atomic E-state index is 6.25. The molecule has 0 heterocycles. The average Bonchev–Trinajstić information content (AvgIpc) is 2.34. The summed E-state index contributed by atoms with van der Waals surface area (Å²) < 4.78 is 0. The molecule has 1 aliphatic carbocycles. The van der Waals surface area contributed by atoms with Gasteiger partial charge in [-0.15, -0.1) is 0 Å². The van der Waals surface area contributed by atoms with Crippen molar-refractivity contribution >= 4 is 17.3 Å². The van der Waals surface area contributed by atoms with Crippen molar-refractivity contribution < 1.29 is 0 Å². The van der Waals surface area contributed by atoms with Crippen LogP contribution in [0.3, 0.4) is 0 Å². The molecule has 0 saturated heterocycles. The Morgan fingerprint density at radius 1 is 1.22 bits per heavy atom. The van der Waals surface area contributed by atoms with Gasteiger partial charge in [0.05, 0.1) is 16.2 Å². The topological polar surface area (TPSA) is 38.0 Å². The van der Waals surface area contributed by atoms with Gasteiger partial charge >= 0.3 is 0 Å². The summed E-state index contributed by atoms with van der Waals surface area (Å²) in [4.78, 5) is 0. The first kappa shape index (κ1) is 13.7. The fourth-order valence-corrected chi connectivity index (χ4v) is 3.24. The van der Waals surface area contributed by atoms with E-state index < -0.39 is 0 Å². The Hall–Kier alpha value is -0.730. The van der Waals surface area contributed by atoms with Crippen molar-refractivity contribution in [2.24, 2.45) is 11.1 Å². The van der Waals surface area contributed by atoms with Gasteiger partial charge in [0.2, 0.25) is 0 Å². The van der Waals surface area contributed by atoms with Crippen molar-refractivity contribution in [3.8, 4) is 0 Å². The van der Waals surface area contributed by atoms with E-state index in [2.05, 4.69) is 19.2 Å². The van der Waals surface area contributed by atoms with Crippen molar-refractivity contribution in [2.45, 2.75) is 45.1 Å². The van der Waals surface area contributed by atoms with Gasteiger partial charge in [0, 0.05) is 6.54 Å². The Kier molecular flexibility index (Phi) is 3.88. The van der Waals surface area contributed by atoms with Crippen molar-refractivity contribution in [3.63, 3.8) is 0 Å². The molecule has 1 aromatic rings. The van der Waals surface area contributed by atoms with Gasteiger partial charge in [-0.2, -0.15) is 0 Å². The SMILES string of the molecule is CC1(C)CCCCC1(CN)Nc1ccccc1Cl. The number of nitrogens with one attached hydrogen (secondary N) is 1. The Labute approximate surface area is 115 Å². The Morgan fingerprint density at radius 2 is 1.89 bits per heavy atom. The first-order valence-electron chi connectivity index (χ1n) is 6.74. The molecule has 1 aliphatic rings. The van der Waals surface area contributed by atoms with E-state index in [4.69, 9.17) is 17.3 Å². The summed E-state index contributed by atoms with van der Waals surface area (Å²) in [5, 5.41) is 4.42. The number of hydrogen-bond acceptors (Lipinski definition) is 2. The van der Waals surface area contributed by atoms with Gasteiger partial charge in [-0.05, 0) is 30.4 Å². The fraction of sp³-hybridized carbons (Fsp3) is 0.600. The predicted octanol–water partition coefficient (Wildman–Crippen LogP) is 4.05. The third-order valence-corrected chi connectivity index (χ3v) is 4.88. The van der Waals surface area contributed by atoms with Gasteiger partial charge in [0.25, 0.3) is 0 Å². The van der Waals surface area contributed by atoms with Crippen LogP contribution in [0.1, 0.15) is 39.5 Å². The summed E-state index contributed by atoms with van der Waals surface area (Å²) in [6, 6.07) is 7.91. The molecule has 0 spiro atoms. The number of halogens is 1. The van der Waals surface area contributed by atoms with E-state index in [0.717, 1.165) is 17.1 Å². The van der Waals surface area contributed by atoms with E-state index in [1.165, 1.54) is 19.3 Å². The zero-order valence-corrected chi connectivity index (χ0v) is 12.1. The molecule has 0 radical (unpaired) electrons. The number of rotatable bonds is 3. The standard InChI is InChI=1S/C15H23ClN2/c1-14(2)9-5-6-10-15(14,11-17)18-13-8-4-3-7-12(13)16/h3-4,7-8,18H,5-6,9-11,17H2,1-2H3. The van der Waals surface area contributed by atoms with Crippen LogP contribution in [0.4, 0.5) is 5.69 Å². The van der Waals surface area contributed by atoms with E-state index in [-0.39, 0.29) is 11.0 Å². The number of benzene rings is 1. The van der Waals surface area contributed by atoms with Crippen LogP contribution in [0.5, 0.6) is 0 Å². The van der Waals surface area contributed by atoms with Gasteiger partial charge < -0.3 is 11.1 Å². The highest BCUT2D eigenvalue weighted by Gasteiger charge is 2.45. The molecular formula is C15H23ClN2. The smallest absolute Gasteiger partial charge is 0.0637 e. The van der Waals surface area contributed by atoms with Gasteiger partial charge in [-0.1, -0.05) is 50.4 Å². The van der Waals surface area contributed by atoms with Crippen LogP contribution in [0.2, 0.25) is 5.02 Å². The van der Waals surface area contributed by atoms with Crippen LogP contribution in [0.15, 0.2) is 24.3 Å². The van der Waals surface area contributed by atoms with Crippen molar-refractivity contribution in [3.05, 3.63) is 29.3 Å². The van der Waals surface area contributed by atoms with Gasteiger partial charge in [0.15, 0.2) is 0 Å². The summed E-state index contributed by atoms with van der Waals surface area (Å²) in [6.45, 7) is 5.26. The van der Waals surface area contributed by atoms with Gasteiger partial charge in [0.1, 0.15) is 0 Å². The number of para-hydroxylation sites is 1. The minimum absolute atomic E-state index is 0.0454. The molecule has 1 fully saturated rings. The zero-order valence-electron chi connectivity index (χ0n) is 11.3. The molecule has 1 unspecified atom stereocenters. The molecule has 1 aromatic carbocycles. The summed E-state index contributed by atoms with van der Waals surface area (Å²) in [5.74, 6) is 0. The van der Waals surface area contributed by atoms with Crippen LogP contribution in [0, 0.1) is 5.41 Å². The van der Waals surface area contributed by atoms with E-state index in [1.54, 1.807) is 0 Å². The quantitative estimate of drug-likeness (QED) is 0.866. The minimum Gasteiger partial charge on any atom is -0.377 e. The predicted molar refractivity (Wildman–Crippen MR) is 79.1 cm³/mol. The first-order valence-corrected chi connectivity index (χ1v) is 7.11. The van der Waals surface area contributed by atoms with E-state index in [1.807, 2.05) is 24.3 Å². The lowest BCUT2D eigenvalue weighted by atomic mass is 9.63. The largest absolute Gasteiger partial charge is 0.377 e. The molecule has 2 nitrogen and oxygen atoms in total. The molecule has 2 rings (SSSR count). The monoisotopic (exact) mass is 266 g/mol. The molecule has 0 aliphatic heterocycles. The van der Waals surface area contributed by atoms with Crippen molar-refractivity contribution in [1.82, 2.24) is 0 Å². The molecule has 1 atom stereocenters. The highest BCUT2D eigenvalue weighted by Crippen LogP contribution is 2.45. The summed E-state index contributed by atoms with van der Waals surface area (Å²) in [5.41, 5.74) is 7.25. The van der Waals surface area contributed by atoms with E-state index >= 15 is 0 Å². The van der Waals surface area contributed by atoms with Crippen LogP contribution in [-0.2, 0) is 0 Å². The van der Waals surface area contributed by atoms with Crippen LogP contribution in [-0.4, -0.2) is 12.1 Å². The number of hydrogen-bond donors (Lipinski definition) is 2. The first-order chi connectivity index (χ1) is 8.51. The zero-order chi connectivity index (χ0) is 13.2. The molecule has 100 valence electrons. The van der Waals surface area contributed by atoms with E-state index in [0.29, 0.717) is 6.54 Å². The van der Waals surface area contributed by atoms with Crippen LogP contribution >= 0.6 is 11.6 Å². The molecule has 0 aromatic heterocycles. The summed E-state index contributed by atoms with van der Waals surface area (Å²) in [7, 11) is 0. The molecule has 0 amide bonds. The van der Waals surface area contributed by atoms with Crippen molar-refractivity contribution in [2.75, 3.05) is 11.9 Å². The average molecular weight is 267 g/mol. The molecule has 3 heteroatoms. The van der Waals surface area contributed by atoms with Crippen LogP contribution < -0.4 is 11.1 Å². The highest BCUT2D eigenvalue weighted by atomic mass is 35.5. The maximum Gasteiger partial charge on any atom is 0.0637 e. The molecule has 1 saturated carbocycles. The number of nitrogens with two attached hydrogens (primary N) is 1. The second-order valence-corrected chi connectivity index (χ2v) is 6.39. The summed E-state index contributed by atoms with van der Waals surface area (Å²) in [6.07, 6.45) is 4.85. The highest BCUT2D eigenvalue weighted by molar-refractivity contribution is 6.33. The third-order valence-electron chi connectivity index (χ3n) is 4.55. The second kappa shape index (κ2) is 5.10. The van der Waals surface area contributed by atoms with Gasteiger partial charge in [-0.25, -0.2) is 0 Å². The third kappa shape index (κ3) is 2.36. The van der Waals surface area contributed by atoms with Crippen LogP contribution in [0.25, 0.3) is 0 Å². The maximum atomic E-state index is 6.25. The lowest BCUT2D eigenvalue weighted by Gasteiger charge is -2.51. The second-order valence-electron chi connectivity index (χ2n) is 5.98.